The van der Waals surface area contributed by atoms with Gasteiger partial charge < -0.3 is 5.73 Å². The van der Waals surface area contributed by atoms with Crippen LogP contribution in [0.4, 0.5) is 0 Å². The number of hydrogen-bond donors (Lipinski definition) is 1. The highest BCUT2D eigenvalue weighted by Gasteiger charge is 2.35. The Morgan fingerprint density at radius 1 is 1.45 bits per heavy atom. The van der Waals surface area contributed by atoms with Crippen LogP contribution in [0.2, 0.25) is 0 Å². The summed E-state index contributed by atoms with van der Waals surface area (Å²) in [4.78, 5) is 4.35. The standard InChI is InChI=1S/C9H16N2/c1-6-8-4-2-3-7(8)5-11-9(6)10/h6-8H,2-5H2,1H3,(H2,10,11)/t6?,7-,8+/m0/s1. The molecule has 0 aromatic carbocycles. The maximum atomic E-state index is 5.78. The van der Waals surface area contributed by atoms with Crippen molar-refractivity contribution >= 4 is 5.84 Å². The number of aliphatic imine (C=N–C) groups is 1. The summed E-state index contributed by atoms with van der Waals surface area (Å²) in [6.07, 6.45) is 4.15. The summed E-state index contributed by atoms with van der Waals surface area (Å²) in [6, 6.07) is 0. The molecule has 1 saturated carbocycles. The van der Waals surface area contributed by atoms with E-state index in [0.29, 0.717) is 5.92 Å². The summed E-state index contributed by atoms with van der Waals surface area (Å²) in [7, 11) is 0. The smallest absolute Gasteiger partial charge is 0.0968 e. The van der Waals surface area contributed by atoms with Crippen molar-refractivity contribution in [3.8, 4) is 0 Å². The van der Waals surface area contributed by atoms with Crippen LogP contribution in [0.5, 0.6) is 0 Å². The highest BCUT2D eigenvalue weighted by Crippen LogP contribution is 2.39. The molecule has 0 radical (unpaired) electrons. The van der Waals surface area contributed by atoms with E-state index in [1.165, 1.54) is 19.3 Å². The molecule has 1 heterocycles. The predicted molar refractivity (Wildman–Crippen MR) is 46.5 cm³/mol. The first-order valence-corrected chi connectivity index (χ1v) is 4.59. The summed E-state index contributed by atoms with van der Waals surface area (Å²) < 4.78 is 0. The van der Waals surface area contributed by atoms with E-state index in [1.807, 2.05) is 0 Å². The van der Waals surface area contributed by atoms with Gasteiger partial charge >= 0.3 is 0 Å². The molecule has 2 nitrogen and oxygen atoms in total. The van der Waals surface area contributed by atoms with Gasteiger partial charge in [-0.2, -0.15) is 0 Å². The molecular formula is C9H16N2. The van der Waals surface area contributed by atoms with Crippen LogP contribution >= 0.6 is 0 Å². The van der Waals surface area contributed by atoms with Gasteiger partial charge in [0, 0.05) is 12.5 Å². The Morgan fingerprint density at radius 3 is 3.09 bits per heavy atom. The first-order valence-electron chi connectivity index (χ1n) is 4.59. The molecule has 0 spiro atoms. The van der Waals surface area contributed by atoms with E-state index >= 15 is 0 Å². The number of fused-ring (bicyclic) bond motifs is 1. The zero-order valence-electron chi connectivity index (χ0n) is 7.09. The van der Waals surface area contributed by atoms with Gasteiger partial charge in [0.1, 0.15) is 0 Å². The lowest BCUT2D eigenvalue weighted by Crippen LogP contribution is -2.35. The Labute approximate surface area is 67.9 Å². The number of rotatable bonds is 0. The van der Waals surface area contributed by atoms with Crippen molar-refractivity contribution in [2.24, 2.45) is 28.5 Å². The Hall–Kier alpha value is -0.530. The fourth-order valence-electron chi connectivity index (χ4n) is 2.54. The molecule has 0 bridgehead atoms. The molecule has 2 rings (SSSR count). The molecule has 0 saturated heterocycles. The van der Waals surface area contributed by atoms with Crippen molar-refractivity contribution in [2.75, 3.05) is 6.54 Å². The first kappa shape index (κ1) is 7.14. The van der Waals surface area contributed by atoms with Crippen molar-refractivity contribution in [3.63, 3.8) is 0 Å². The van der Waals surface area contributed by atoms with Crippen LogP contribution in [0, 0.1) is 17.8 Å². The largest absolute Gasteiger partial charge is 0.387 e. The van der Waals surface area contributed by atoms with E-state index in [4.69, 9.17) is 5.73 Å². The van der Waals surface area contributed by atoms with Gasteiger partial charge in [-0.15, -0.1) is 0 Å². The second-order valence-electron chi connectivity index (χ2n) is 3.91. The van der Waals surface area contributed by atoms with Crippen LogP contribution in [-0.2, 0) is 0 Å². The molecule has 1 aliphatic carbocycles. The minimum Gasteiger partial charge on any atom is -0.387 e. The minimum atomic E-state index is 0.552. The van der Waals surface area contributed by atoms with E-state index in [2.05, 4.69) is 11.9 Å². The maximum Gasteiger partial charge on any atom is 0.0968 e. The molecule has 2 heteroatoms. The average molecular weight is 152 g/mol. The molecule has 2 aliphatic rings. The van der Waals surface area contributed by atoms with Crippen molar-refractivity contribution in [2.45, 2.75) is 26.2 Å². The molecule has 0 aromatic rings. The fraction of sp³-hybridized carbons (Fsp3) is 0.889. The van der Waals surface area contributed by atoms with E-state index in [9.17, 15) is 0 Å². The topological polar surface area (TPSA) is 38.4 Å². The summed E-state index contributed by atoms with van der Waals surface area (Å²) in [6.45, 7) is 3.22. The Kier molecular flexibility index (Phi) is 1.63. The number of nitrogens with two attached hydrogens (primary N) is 1. The molecule has 0 aromatic heterocycles. The predicted octanol–water partition coefficient (Wildman–Crippen LogP) is 1.41. The van der Waals surface area contributed by atoms with Gasteiger partial charge in [-0.05, 0) is 24.7 Å². The van der Waals surface area contributed by atoms with Crippen LogP contribution in [0.1, 0.15) is 26.2 Å². The summed E-state index contributed by atoms with van der Waals surface area (Å²) in [5.41, 5.74) is 5.78. The van der Waals surface area contributed by atoms with Gasteiger partial charge in [-0.1, -0.05) is 13.3 Å². The third-order valence-corrected chi connectivity index (χ3v) is 3.33. The lowest BCUT2D eigenvalue weighted by atomic mass is 9.82. The maximum absolute atomic E-state index is 5.78. The van der Waals surface area contributed by atoms with Crippen molar-refractivity contribution in [3.05, 3.63) is 0 Å². The van der Waals surface area contributed by atoms with Gasteiger partial charge in [0.25, 0.3) is 0 Å². The summed E-state index contributed by atoms with van der Waals surface area (Å²) in [5, 5.41) is 0. The molecule has 2 N–H and O–H groups in total. The fourth-order valence-corrected chi connectivity index (χ4v) is 2.54. The lowest BCUT2D eigenvalue weighted by Gasteiger charge is -2.29. The molecule has 1 fully saturated rings. The van der Waals surface area contributed by atoms with E-state index in [0.717, 1.165) is 24.2 Å². The van der Waals surface area contributed by atoms with Crippen LogP contribution in [-0.4, -0.2) is 12.4 Å². The number of hydrogen-bond acceptors (Lipinski definition) is 2. The van der Waals surface area contributed by atoms with Gasteiger partial charge in [0.05, 0.1) is 5.84 Å². The minimum absolute atomic E-state index is 0.552. The monoisotopic (exact) mass is 152 g/mol. The Morgan fingerprint density at radius 2 is 2.27 bits per heavy atom. The normalized spacial score (nSPS) is 43.4. The van der Waals surface area contributed by atoms with Crippen LogP contribution in [0.3, 0.4) is 0 Å². The Bertz CT molecular complexity index is 186. The third-order valence-electron chi connectivity index (χ3n) is 3.33. The van der Waals surface area contributed by atoms with Crippen LogP contribution in [0.25, 0.3) is 0 Å². The third kappa shape index (κ3) is 1.05. The van der Waals surface area contributed by atoms with E-state index in [-0.39, 0.29) is 0 Å². The SMILES string of the molecule is CC1C(N)=NC[C@@H]2CCC[C@H]12. The van der Waals surface area contributed by atoms with Crippen LogP contribution < -0.4 is 5.73 Å². The zero-order chi connectivity index (χ0) is 7.84. The highest BCUT2D eigenvalue weighted by molar-refractivity contribution is 5.83. The van der Waals surface area contributed by atoms with E-state index in [1.54, 1.807) is 0 Å². The highest BCUT2D eigenvalue weighted by atomic mass is 14.9. The van der Waals surface area contributed by atoms with Crippen molar-refractivity contribution in [1.82, 2.24) is 0 Å². The van der Waals surface area contributed by atoms with Gasteiger partial charge in [0.2, 0.25) is 0 Å². The Balaban J connectivity index is 2.17. The quantitative estimate of drug-likeness (QED) is 0.560. The van der Waals surface area contributed by atoms with Gasteiger partial charge in [-0.25, -0.2) is 0 Å². The van der Waals surface area contributed by atoms with Crippen molar-refractivity contribution < 1.29 is 0 Å². The van der Waals surface area contributed by atoms with Gasteiger partial charge in [-0.3, -0.25) is 4.99 Å². The molecule has 1 aliphatic heterocycles. The molecule has 0 amide bonds. The van der Waals surface area contributed by atoms with E-state index < -0.39 is 0 Å². The molecular weight excluding hydrogens is 136 g/mol. The second-order valence-corrected chi connectivity index (χ2v) is 3.91. The second kappa shape index (κ2) is 2.50. The van der Waals surface area contributed by atoms with Gasteiger partial charge in [0.15, 0.2) is 0 Å². The van der Waals surface area contributed by atoms with Crippen molar-refractivity contribution in [1.29, 1.82) is 0 Å². The summed E-state index contributed by atoms with van der Waals surface area (Å²) >= 11 is 0. The average Bonchev–Trinajstić information content (AvgIpc) is 2.45. The molecule has 1 unspecified atom stereocenters. The number of nitrogens with zero attached hydrogens (tertiary/aromatic N) is 1. The molecule has 3 atom stereocenters. The lowest BCUT2D eigenvalue weighted by molar-refractivity contribution is 0.321. The zero-order valence-corrected chi connectivity index (χ0v) is 7.09. The first-order chi connectivity index (χ1) is 5.29. The molecule has 11 heavy (non-hydrogen) atoms. The number of amidine groups is 1. The summed E-state index contributed by atoms with van der Waals surface area (Å²) in [5.74, 6) is 3.16. The molecule has 62 valence electrons. The van der Waals surface area contributed by atoms with Crippen LogP contribution in [0.15, 0.2) is 4.99 Å².